The van der Waals surface area contributed by atoms with Crippen molar-refractivity contribution >= 4 is 0 Å². The molecule has 3 nitrogen and oxygen atoms in total. The van der Waals surface area contributed by atoms with Crippen molar-refractivity contribution in [2.45, 2.75) is 20.5 Å². The summed E-state index contributed by atoms with van der Waals surface area (Å²) >= 11 is 0. The van der Waals surface area contributed by atoms with Crippen molar-refractivity contribution in [3.63, 3.8) is 0 Å². The fourth-order valence-electron chi connectivity index (χ4n) is 1.71. The topological polar surface area (TPSA) is 46.0 Å². The molecular weight excluding hydrogens is 219 g/mol. The van der Waals surface area contributed by atoms with Gasteiger partial charge < -0.3 is 5.11 Å². The minimum absolute atomic E-state index is 0.128. The molecule has 0 bridgehead atoms. The highest BCUT2D eigenvalue weighted by Gasteiger charge is 2.08. The highest BCUT2D eigenvalue weighted by atomic mass is 19.1. The number of hydrogen-bond donors (Lipinski definition) is 1. The molecule has 2 rings (SSSR count). The first-order valence-corrected chi connectivity index (χ1v) is 5.32. The van der Waals surface area contributed by atoms with Gasteiger partial charge in [-0.15, -0.1) is 0 Å². The van der Waals surface area contributed by atoms with Gasteiger partial charge in [0, 0.05) is 11.3 Å². The number of aromatic nitrogens is 2. The lowest BCUT2D eigenvalue weighted by molar-refractivity contribution is 0.276. The average Bonchev–Trinajstić information content (AvgIpc) is 2.28. The molecule has 2 aromatic rings. The summed E-state index contributed by atoms with van der Waals surface area (Å²) in [6.07, 6.45) is 0. The second kappa shape index (κ2) is 4.59. The van der Waals surface area contributed by atoms with Crippen molar-refractivity contribution in [3.8, 4) is 11.4 Å². The van der Waals surface area contributed by atoms with Gasteiger partial charge in [0.2, 0.25) is 0 Å². The molecule has 0 atom stereocenters. The lowest BCUT2D eigenvalue weighted by Gasteiger charge is -2.07. The highest BCUT2D eigenvalue weighted by Crippen LogP contribution is 2.21. The van der Waals surface area contributed by atoms with Gasteiger partial charge in [0.1, 0.15) is 5.82 Å². The lowest BCUT2D eigenvalue weighted by Crippen LogP contribution is -1.99. The molecule has 1 aromatic carbocycles. The number of rotatable bonds is 2. The van der Waals surface area contributed by atoms with E-state index in [1.807, 2.05) is 13.8 Å². The zero-order valence-corrected chi connectivity index (χ0v) is 9.74. The van der Waals surface area contributed by atoms with Crippen molar-refractivity contribution in [1.82, 2.24) is 9.97 Å². The van der Waals surface area contributed by atoms with Gasteiger partial charge in [-0.05, 0) is 43.7 Å². The molecule has 17 heavy (non-hydrogen) atoms. The van der Waals surface area contributed by atoms with E-state index in [2.05, 4.69) is 9.97 Å². The van der Waals surface area contributed by atoms with Crippen molar-refractivity contribution in [2.24, 2.45) is 0 Å². The van der Waals surface area contributed by atoms with E-state index >= 15 is 0 Å². The van der Waals surface area contributed by atoms with E-state index in [4.69, 9.17) is 5.11 Å². The van der Waals surface area contributed by atoms with E-state index in [0.29, 0.717) is 11.5 Å². The molecule has 0 radical (unpaired) electrons. The van der Waals surface area contributed by atoms with Crippen LogP contribution in [-0.4, -0.2) is 15.1 Å². The Bertz CT molecular complexity index is 555. The second-order valence-electron chi connectivity index (χ2n) is 3.94. The maximum Gasteiger partial charge on any atom is 0.159 e. The minimum Gasteiger partial charge on any atom is -0.390 e. The third-order valence-electron chi connectivity index (χ3n) is 2.50. The first kappa shape index (κ1) is 11.7. The summed E-state index contributed by atoms with van der Waals surface area (Å²) < 4.78 is 13.0. The number of halogens is 1. The molecule has 1 N–H and O–H groups in total. The first-order valence-electron chi connectivity index (χ1n) is 5.32. The summed E-state index contributed by atoms with van der Waals surface area (Å²) in [6.45, 7) is 3.52. The van der Waals surface area contributed by atoms with Crippen LogP contribution in [0.15, 0.2) is 24.3 Å². The van der Waals surface area contributed by atoms with Crippen LogP contribution in [0.3, 0.4) is 0 Å². The summed E-state index contributed by atoms with van der Waals surface area (Å²) in [7, 11) is 0. The van der Waals surface area contributed by atoms with E-state index in [-0.39, 0.29) is 12.4 Å². The predicted octanol–water partition coefficient (Wildman–Crippen LogP) is 2.39. The normalized spacial score (nSPS) is 10.6. The Balaban J connectivity index is 2.55. The Morgan fingerprint density at radius 2 is 1.94 bits per heavy atom. The smallest absolute Gasteiger partial charge is 0.159 e. The van der Waals surface area contributed by atoms with Gasteiger partial charge in [0.05, 0.1) is 12.3 Å². The molecule has 88 valence electrons. The SMILES string of the molecule is Cc1cc(CO)nc(-c2ccc(F)cc2C)n1. The van der Waals surface area contributed by atoms with Crippen LogP contribution in [0.1, 0.15) is 17.0 Å². The molecule has 0 spiro atoms. The standard InChI is InChI=1S/C13H13FN2O/c1-8-5-10(14)3-4-12(8)13-15-9(2)6-11(7-17)16-13/h3-6,17H,7H2,1-2H3. The van der Waals surface area contributed by atoms with Crippen LogP contribution < -0.4 is 0 Å². The summed E-state index contributed by atoms with van der Waals surface area (Å²) in [5.41, 5.74) is 2.91. The Labute approximate surface area is 99.0 Å². The van der Waals surface area contributed by atoms with Gasteiger partial charge in [-0.3, -0.25) is 0 Å². The fraction of sp³-hybridized carbons (Fsp3) is 0.231. The van der Waals surface area contributed by atoms with Crippen LogP contribution in [0.25, 0.3) is 11.4 Å². The number of aliphatic hydroxyl groups excluding tert-OH is 1. The van der Waals surface area contributed by atoms with Gasteiger partial charge >= 0.3 is 0 Å². The van der Waals surface area contributed by atoms with Gasteiger partial charge in [-0.25, -0.2) is 14.4 Å². The average molecular weight is 232 g/mol. The summed E-state index contributed by atoms with van der Waals surface area (Å²) in [5.74, 6) is 0.243. The van der Waals surface area contributed by atoms with Crippen LogP contribution in [-0.2, 0) is 6.61 Å². The number of benzene rings is 1. The second-order valence-corrected chi connectivity index (χ2v) is 3.94. The Morgan fingerprint density at radius 1 is 1.18 bits per heavy atom. The van der Waals surface area contributed by atoms with Crippen molar-refractivity contribution in [2.75, 3.05) is 0 Å². The van der Waals surface area contributed by atoms with E-state index in [0.717, 1.165) is 16.8 Å². The Kier molecular flexibility index (Phi) is 3.15. The van der Waals surface area contributed by atoms with Gasteiger partial charge in [0.25, 0.3) is 0 Å². The van der Waals surface area contributed by atoms with E-state index in [1.54, 1.807) is 12.1 Å². The number of nitrogens with zero attached hydrogens (tertiary/aromatic N) is 2. The number of aliphatic hydroxyl groups is 1. The van der Waals surface area contributed by atoms with Gasteiger partial charge in [0.15, 0.2) is 5.82 Å². The molecule has 1 heterocycles. The van der Waals surface area contributed by atoms with E-state index in [9.17, 15) is 4.39 Å². The summed E-state index contributed by atoms with van der Waals surface area (Å²) in [6, 6.07) is 6.20. The molecule has 0 saturated carbocycles. The molecule has 0 fully saturated rings. The lowest BCUT2D eigenvalue weighted by atomic mass is 10.1. The Morgan fingerprint density at radius 3 is 2.59 bits per heavy atom. The monoisotopic (exact) mass is 232 g/mol. The molecule has 4 heteroatoms. The molecular formula is C13H13FN2O. The van der Waals surface area contributed by atoms with Crippen molar-refractivity contribution in [1.29, 1.82) is 0 Å². The van der Waals surface area contributed by atoms with Crippen molar-refractivity contribution < 1.29 is 9.50 Å². The van der Waals surface area contributed by atoms with E-state index < -0.39 is 0 Å². The largest absolute Gasteiger partial charge is 0.390 e. The highest BCUT2D eigenvalue weighted by molar-refractivity contribution is 5.60. The molecule has 0 unspecified atom stereocenters. The molecule has 0 saturated heterocycles. The summed E-state index contributed by atoms with van der Waals surface area (Å²) in [4.78, 5) is 8.53. The minimum atomic E-state index is -0.277. The van der Waals surface area contributed by atoms with Gasteiger partial charge in [-0.1, -0.05) is 0 Å². The van der Waals surface area contributed by atoms with Gasteiger partial charge in [-0.2, -0.15) is 0 Å². The third kappa shape index (κ3) is 2.47. The molecule has 0 aliphatic rings. The zero-order chi connectivity index (χ0) is 12.4. The molecule has 1 aromatic heterocycles. The summed E-state index contributed by atoms with van der Waals surface area (Å²) in [5, 5.41) is 9.10. The maximum atomic E-state index is 13.0. The van der Waals surface area contributed by atoms with Crippen LogP contribution in [0, 0.1) is 19.7 Å². The van der Waals surface area contributed by atoms with Crippen LogP contribution in [0.4, 0.5) is 4.39 Å². The third-order valence-corrected chi connectivity index (χ3v) is 2.50. The fourth-order valence-corrected chi connectivity index (χ4v) is 1.71. The zero-order valence-electron chi connectivity index (χ0n) is 9.74. The molecule has 0 aliphatic heterocycles. The Hall–Kier alpha value is -1.81. The predicted molar refractivity (Wildman–Crippen MR) is 62.8 cm³/mol. The van der Waals surface area contributed by atoms with Crippen LogP contribution in [0.2, 0.25) is 0 Å². The molecule has 0 aliphatic carbocycles. The van der Waals surface area contributed by atoms with Crippen LogP contribution >= 0.6 is 0 Å². The van der Waals surface area contributed by atoms with Crippen LogP contribution in [0.5, 0.6) is 0 Å². The number of hydrogen-bond acceptors (Lipinski definition) is 3. The van der Waals surface area contributed by atoms with Crippen molar-refractivity contribution in [3.05, 3.63) is 47.0 Å². The maximum absolute atomic E-state index is 13.0. The number of aryl methyl sites for hydroxylation is 2. The van der Waals surface area contributed by atoms with E-state index in [1.165, 1.54) is 12.1 Å². The quantitative estimate of drug-likeness (QED) is 0.864. The first-order chi connectivity index (χ1) is 8.10. The molecule has 0 amide bonds.